The Balaban J connectivity index is 2.69. The quantitative estimate of drug-likeness (QED) is 0.647. The molecule has 1 rings (SSSR count). The molecule has 1 aliphatic heterocycles. The zero-order valence-corrected chi connectivity index (χ0v) is 7.66. The number of nitrogens with two attached hydrogens (primary N) is 1. The van der Waals surface area contributed by atoms with E-state index in [0.29, 0.717) is 26.1 Å². The standard InChI is InChI=1S/C8H15NO4/c1-2-3-8(9,6(10)11)7-12-4-5-13-7/h7H,2-5,9H2,1H3,(H,10,11)/t8-/m1/s1. The van der Waals surface area contributed by atoms with Crippen LogP contribution in [-0.4, -0.2) is 36.1 Å². The summed E-state index contributed by atoms with van der Waals surface area (Å²) in [5.74, 6) is -1.07. The topological polar surface area (TPSA) is 81.8 Å². The number of carboxylic acids is 1. The molecular weight excluding hydrogens is 174 g/mol. The first-order valence-electron chi connectivity index (χ1n) is 4.36. The van der Waals surface area contributed by atoms with Crippen molar-refractivity contribution < 1.29 is 19.4 Å². The van der Waals surface area contributed by atoms with Gasteiger partial charge in [-0.15, -0.1) is 0 Å². The van der Waals surface area contributed by atoms with Gasteiger partial charge in [-0.3, -0.25) is 4.79 Å². The number of carbonyl (C=O) groups is 1. The molecule has 0 unspecified atom stereocenters. The van der Waals surface area contributed by atoms with Crippen molar-refractivity contribution in [3.8, 4) is 0 Å². The predicted octanol–water partition coefficient (Wildman–Crippen LogP) is -0.0585. The van der Waals surface area contributed by atoms with Gasteiger partial charge >= 0.3 is 5.97 Å². The van der Waals surface area contributed by atoms with Gasteiger partial charge in [-0.25, -0.2) is 0 Å². The Morgan fingerprint density at radius 1 is 1.62 bits per heavy atom. The molecule has 76 valence electrons. The zero-order chi connectivity index (χ0) is 9.90. The summed E-state index contributed by atoms with van der Waals surface area (Å²) in [6.45, 7) is 2.71. The lowest BCUT2D eigenvalue weighted by Gasteiger charge is -2.28. The summed E-state index contributed by atoms with van der Waals surface area (Å²) in [5, 5.41) is 8.94. The van der Waals surface area contributed by atoms with Crippen LogP contribution >= 0.6 is 0 Å². The average molecular weight is 189 g/mol. The van der Waals surface area contributed by atoms with Crippen LogP contribution < -0.4 is 5.73 Å². The largest absolute Gasteiger partial charge is 0.480 e. The maximum Gasteiger partial charge on any atom is 0.329 e. The Morgan fingerprint density at radius 2 is 2.15 bits per heavy atom. The molecule has 1 saturated heterocycles. The lowest BCUT2D eigenvalue weighted by Crippen LogP contribution is -2.57. The molecule has 0 spiro atoms. The second-order valence-corrected chi connectivity index (χ2v) is 3.17. The molecule has 5 heteroatoms. The minimum atomic E-state index is -1.40. The van der Waals surface area contributed by atoms with Crippen molar-refractivity contribution in [1.29, 1.82) is 0 Å². The Kier molecular flexibility index (Phi) is 3.24. The first kappa shape index (κ1) is 10.4. The predicted molar refractivity (Wildman–Crippen MR) is 45.2 cm³/mol. The van der Waals surface area contributed by atoms with E-state index in [1.807, 2.05) is 6.92 Å². The fourth-order valence-electron chi connectivity index (χ4n) is 1.40. The minimum absolute atomic E-state index is 0.354. The smallest absolute Gasteiger partial charge is 0.329 e. The molecule has 0 aliphatic carbocycles. The lowest BCUT2D eigenvalue weighted by molar-refractivity contribution is -0.163. The molecule has 1 heterocycles. The summed E-state index contributed by atoms with van der Waals surface area (Å²) >= 11 is 0. The number of carboxylic acid groups (broad SMARTS) is 1. The highest BCUT2D eigenvalue weighted by Gasteiger charge is 2.45. The van der Waals surface area contributed by atoms with Crippen molar-refractivity contribution in [3.05, 3.63) is 0 Å². The fourth-order valence-corrected chi connectivity index (χ4v) is 1.40. The average Bonchev–Trinajstić information content (AvgIpc) is 2.56. The second-order valence-electron chi connectivity index (χ2n) is 3.17. The van der Waals surface area contributed by atoms with Crippen molar-refractivity contribution in [2.75, 3.05) is 13.2 Å². The second kappa shape index (κ2) is 4.04. The van der Waals surface area contributed by atoms with Crippen molar-refractivity contribution in [2.24, 2.45) is 5.73 Å². The van der Waals surface area contributed by atoms with E-state index in [4.69, 9.17) is 20.3 Å². The van der Waals surface area contributed by atoms with E-state index < -0.39 is 17.8 Å². The van der Waals surface area contributed by atoms with E-state index in [-0.39, 0.29) is 0 Å². The number of hydrogen-bond donors (Lipinski definition) is 2. The number of aliphatic carboxylic acids is 1. The molecule has 0 aromatic rings. The molecule has 0 aromatic carbocycles. The SMILES string of the molecule is CCC[C@@](N)(C(=O)O)C1OCCO1. The van der Waals surface area contributed by atoms with Gasteiger partial charge in [-0.2, -0.15) is 0 Å². The van der Waals surface area contributed by atoms with E-state index in [1.54, 1.807) is 0 Å². The maximum absolute atomic E-state index is 10.9. The first-order chi connectivity index (χ1) is 6.11. The Bertz CT molecular complexity index is 191. The number of ether oxygens (including phenoxy) is 2. The van der Waals surface area contributed by atoms with Crippen LogP contribution in [-0.2, 0) is 14.3 Å². The third-order valence-corrected chi connectivity index (χ3v) is 2.10. The molecule has 5 nitrogen and oxygen atoms in total. The van der Waals surface area contributed by atoms with Gasteiger partial charge in [-0.05, 0) is 6.42 Å². The molecular formula is C8H15NO4. The molecule has 0 bridgehead atoms. The van der Waals surface area contributed by atoms with Crippen LogP contribution in [0.3, 0.4) is 0 Å². The summed E-state index contributed by atoms with van der Waals surface area (Å²) in [7, 11) is 0. The van der Waals surface area contributed by atoms with Crippen LogP contribution in [0.25, 0.3) is 0 Å². The molecule has 1 atom stereocenters. The lowest BCUT2D eigenvalue weighted by atomic mass is 9.94. The summed E-state index contributed by atoms with van der Waals surface area (Å²) < 4.78 is 10.2. The van der Waals surface area contributed by atoms with Crippen molar-refractivity contribution in [3.63, 3.8) is 0 Å². The van der Waals surface area contributed by atoms with Gasteiger partial charge in [0, 0.05) is 0 Å². The highest BCUT2D eigenvalue weighted by molar-refractivity contribution is 5.79. The van der Waals surface area contributed by atoms with Crippen LogP contribution in [0.15, 0.2) is 0 Å². The third-order valence-electron chi connectivity index (χ3n) is 2.10. The van der Waals surface area contributed by atoms with E-state index in [1.165, 1.54) is 0 Å². The Morgan fingerprint density at radius 3 is 2.54 bits per heavy atom. The van der Waals surface area contributed by atoms with E-state index >= 15 is 0 Å². The van der Waals surface area contributed by atoms with Crippen molar-refractivity contribution >= 4 is 5.97 Å². The zero-order valence-electron chi connectivity index (χ0n) is 7.66. The summed E-state index contributed by atoms with van der Waals surface area (Å²) in [5.41, 5.74) is 4.31. The number of rotatable bonds is 4. The molecule has 0 amide bonds. The van der Waals surface area contributed by atoms with Gasteiger partial charge in [0.2, 0.25) is 0 Å². The van der Waals surface area contributed by atoms with E-state index in [2.05, 4.69) is 0 Å². The minimum Gasteiger partial charge on any atom is -0.480 e. The van der Waals surface area contributed by atoms with Gasteiger partial charge in [0.25, 0.3) is 0 Å². The Hall–Kier alpha value is -0.650. The summed E-state index contributed by atoms with van der Waals surface area (Å²) in [4.78, 5) is 10.9. The first-order valence-corrected chi connectivity index (χ1v) is 4.36. The molecule has 1 aliphatic rings. The molecule has 13 heavy (non-hydrogen) atoms. The van der Waals surface area contributed by atoms with Gasteiger partial charge in [0.15, 0.2) is 11.8 Å². The molecule has 3 N–H and O–H groups in total. The highest BCUT2D eigenvalue weighted by Crippen LogP contribution is 2.22. The van der Waals surface area contributed by atoms with Gasteiger partial charge < -0.3 is 20.3 Å². The van der Waals surface area contributed by atoms with Gasteiger partial charge in [0.1, 0.15) is 0 Å². The van der Waals surface area contributed by atoms with E-state index in [9.17, 15) is 4.79 Å². The fraction of sp³-hybridized carbons (Fsp3) is 0.875. The highest BCUT2D eigenvalue weighted by atomic mass is 16.7. The normalized spacial score (nSPS) is 22.9. The van der Waals surface area contributed by atoms with Gasteiger partial charge in [-0.1, -0.05) is 13.3 Å². The maximum atomic E-state index is 10.9. The van der Waals surface area contributed by atoms with Crippen LogP contribution in [0.4, 0.5) is 0 Å². The number of hydrogen-bond acceptors (Lipinski definition) is 4. The third kappa shape index (κ3) is 1.99. The van der Waals surface area contributed by atoms with E-state index in [0.717, 1.165) is 0 Å². The Labute approximate surface area is 76.8 Å². The van der Waals surface area contributed by atoms with Crippen LogP contribution in [0, 0.1) is 0 Å². The van der Waals surface area contributed by atoms with Gasteiger partial charge in [0.05, 0.1) is 13.2 Å². The summed E-state index contributed by atoms with van der Waals surface area (Å²) in [6.07, 6.45) is 0.240. The van der Waals surface area contributed by atoms with Crippen LogP contribution in [0.2, 0.25) is 0 Å². The van der Waals surface area contributed by atoms with Crippen LogP contribution in [0.1, 0.15) is 19.8 Å². The summed E-state index contributed by atoms with van der Waals surface area (Å²) in [6, 6.07) is 0. The van der Waals surface area contributed by atoms with Crippen molar-refractivity contribution in [1.82, 2.24) is 0 Å². The molecule has 1 fully saturated rings. The monoisotopic (exact) mass is 189 g/mol. The van der Waals surface area contributed by atoms with Crippen LogP contribution in [0.5, 0.6) is 0 Å². The molecule has 0 aromatic heterocycles. The van der Waals surface area contributed by atoms with Crippen molar-refractivity contribution in [2.45, 2.75) is 31.6 Å². The molecule has 0 radical (unpaired) electrons. The molecule has 0 saturated carbocycles.